The van der Waals surface area contributed by atoms with Crippen molar-refractivity contribution in [2.24, 2.45) is 0 Å². The van der Waals surface area contributed by atoms with Crippen LogP contribution in [0.2, 0.25) is 0 Å². The van der Waals surface area contributed by atoms with E-state index in [0.29, 0.717) is 0 Å². The molecule has 0 bridgehead atoms. The first-order valence-corrected chi connectivity index (χ1v) is 1.99. The fraction of sp³-hybridized carbons (Fsp3) is 0. The summed E-state index contributed by atoms with van der Waals surface area (Å²) >= 11 is 0. The third-order valence-electron chi connectivity index (χ3n) is 0.621. The van der Waals surface area contributed by atoms with E-state index in [1.54, 1.807) is 0 Å². The molecule has 0 radical (unpaired) electrons. The van der Waals surface area contributed by atoms with Gasteiger partial charge in [0.2, 0.25) is 5.56 Å². The van der Waals surface area contributed by atoms with Gasteiger partial charge in [-0.15, -0.1) is 0 Å². The van der Waals surface area contributed by atoms with Crippen LogP contribution in [-0.2, 0) is 0 Å². The monoisotopic (exact) mass is 113 g/mol. The summed E-state index contributed by atoms with van der Waals surface area (Å²) in [5, 5.41) is 0. The van der Waals surface area contributed by atoms with Crippen molar-refractivity contribution in [2.75, 3.05) is 5.73 Å². The van der Waals surface area contributed by atoms with Crippen LogP contribution in [0.5, 0.6) is 0 Å². The van der Waals surface area contributed by atoms with E-state index in [9.17, 15) is 4.79 Å². The van der Waals surface area contributed by atoms with Gasteiger partial charge < -0.3 is 10.7 Å². The topological polar surface area (TPSA) is 58.9 Å². The second kappa shape index (κ2) is 1.69. The van der Waals surface area contributed by atoms with Crippen molar-refractivity contribution in [3.8, 4) is 0 Å². The number of hydrogen-bond acceptors (Lipinski definition) is 2. The van der Waals surface area contributed by atoms with Crippen molar-refractivity contribution < 1.29 is 4.11 Å². The Labute approximate surface area is 50.4 Å². The molecule has 0 amide bonds. The standard InChI is InChI=1S/C5H6N2O/c6-4-2-1-3-5(8)7-4/h1-3H,(H3,6,7,8)/i1D,2D,3D. The highest BCUT2D eigenvalue weighted by atomic mass is 16.1. The molecule has 0 spiro atoms. The van der Waals surface area contributed by atoms with E-state index in [2.05, 4.69) is 4.98 Å². The molecule has 0 fully saturated rings. The summed E-state index contributed by atoms with van der Waals surface area (Å²) in [6, 6.07) is -1.27. The summed E-state index contributed by atoms with van der Waals surface area (Å²) < 4.78 is 21.1. The molecule has 0 atom stereocenters. The number of aromatic amines is 1. The molecule has 1 heterocycles. The van der Waals surface area contributed by atoms with E-state index < -0.39 is 17.6 Å². The van der Waals surface area contributed by atoms with Gasteiger partial charge >= 0.3 is 0 Å². The lowest BCUT2D eigenvalue weighted by Gasteiger charge is -1.85. The second-order valence-corrected chi connectivity index (χ2v) is 1.24. The first kappa shape index (κ1) is 2.35. The van der Waals surface area contributed by atoms with Gasteiger partial charge in [0.25, 0.3) is 0 Å². The van der Waals surface area contributed by atoms with Gasteiger partial charge in [-0.3, -0.25) is 4.79 Å². The van der Waals surface area contributed by atoms with Crippen LogP contribution in [0.1, 0.15) is 4.11 Å². The number of anilines is 1. The summed E-state index contributed by atoms with van der Waals surface area (Å²) in [7, 11) is 0. The fourth-order valence-corrected chi connectivity index (χ4v) is 0.340. The van der Waals surface area contributed by atoms with Gasteiger partial charge in [0.1, 0.15) is 5.82 Å². The Morgan fingerprint density at radius 3 is 3.25 bits per heavy atom. The smallest absolute Gasteiger partial charge is 0.249 e. The predicted octanol–water partition coefficient (Wildman–Crippen LogP) is -0.0429. The van der Waals surface area contributed by atoms with Crippen LogP contribution in [0, 0.1) is 0 Å². The van der Waals surface area contributed by atoms with Gasteiger partial charge in [-0.1, -0.05) is 6.04 Å². The van der Waals surface area contributed by atoms with Gasteiger partial charge in [-0.2, -0.15) is 0 Å². The Kier molecular flexibility index (Phi) is 0.497. The molecule has 3 nitrogen and oxygen atoms in total. The molecule has 3 heteroatoms. The highest BCUT2D eigenvalue weighted by molar-refractivity contribution is 5.25. The number of pyridine rings is 1. The minimum atomic E-state index is -0.733. The van der Waals surface area contributed by atoms with Crippen molar-refractivity contribution >= 4 is 5.82 Å². The molecule has 1 rings (SSSR count). The van der Waals surface area contributed by atoms with Gasteiger partial charge in [0.05, 0.1) is 4.11 Å². The third kappa shape index (κ3) is 0.872. The lowest BCUT2D eigenvalue weighted by Crippen LogP contribution is -2.04. The Hall–Kier alpha value is -1.25. The molecule has 0 unspecified atom stereocenters. The minimum absolute atomic E-state index is 0.170. The summed E-state index contributed by atoms with van der Waals surface area (Å²) in [4.78, 5) is 12.8. The Balaban J connectivity index is 3.59. The lowest BCUT2D eigenvalue weighted by molar-refractivity contribution is 1.25. The normalized spacial score (nSPS) is 14.2. The van der Waals surface area contributed by atoms with Gasteiger partial charge in [0, 0.05) is 6.04 Å². The molecular weight excluding hydrogens is 104 g/mol. The number of nitrogens with two attached hydrogens (primary N) is 1. The van der Waals surface area contributed by atoms with Crippen molar-refractivity contribution in [1.82, 2.24) is 4.98 Å². The zero-order valence-electron chi connectivity index (χ0n) is 6.99. The number of rotatable bonds is 0. The average molecular weight is 113 g/mol. The van der Waals surface area contributed by atoms with Crippen LogP contribution in [0.15, 0.2) is 22.9 Å². The Morgan fingerprint density at radius 2 is 2.50 bits per heavy atom. The maximum Gasteiger partial charge on any atom is 0.249 e. The van der Waals surface area contributed by atoms with E-state index in [4.69, 9.17) is 9.85 Å². The molecule has 1 aromatic heterocycles. The maximum atomic E-state index is 10.7. The molecule has 3 N–H and O–H groups in total. The maximum absolute atomic E-state index is 10.7. The first-order valence-electron chi connectivity index (χ1n) is 3.49. The number of nitrogens with one attached hydrogen (secondary N) is 1. The van der Waals surface area contributed by atoms with Crippen molar-refractivity contribution in [3.05, 3.63) is 28.5 Å². The zero-order valence-corrected chi connectivity index (χ0v) is 3.99. The minimum Gasteiger partial charge on any atom is -0.385 e. The number of aromatic nitrogens is 1. The van der Waals surface area contributed by atoms with E-state index in [1.807, 2.05) is 0 Å². The van der Waals surface area contributed by atoms with E-state index in [0.717, 1.165) is 0 Å². The lowest BCUT2D eigenvalue weighted by atomic mass is 10.5. The number of hydrogen-bond donors (Lipinski definition) is 2. The Bertz CT molecular complexity index is 346. The van der Waals surface area contributed by atoms with Crippen LogP contribution in [0.25, 0.3) is 0 Å². The summed E-state index contributed by atoms with van der Waals surface area (Å²) in [5.41, 5.74) is 4.41. The molecular formula is C5H6N2O. The Morgan fingerprint density at radius 1 is 1.75 bits per heavy atom. The van der Waals surface area contributed by atoms with Gasteiger partial charge in [0.15, 0.2) is 0 Å². The van der Waals surface area contributed by atoms with Crippen LogP contribution in [-0.4, -0.2) is 4.98 Å². The molecule has 42 valence electrons. The molecule has 8 heavy (non-hydrogen) atoms. The average Bonchev–Trinajstić information content (AvgIpc) is 1.97. The molecule has 0 saturated heterocycles. The molecule has 0 aliphatic heterocycles. The number of nitrogen functional groups attached to an aromatic ring is 1. The summed E-state index contributed by atoms with van der Waals surface area (Å²) in [6.07, 6.45) is 0. The van der Waals surface area contributed by atoms with E-state index in [-0.39, 0.29) is 11.9 Å². The molecule has 0 aromatic carbocycles. The second-order valence-electron chi connectivity index (χ2n) is 1.24. The highest BCUT2D eigenvalue weighted by Gasteiger charge is 1.79. The quantitative estimate of drug-likeness (QED) is 0.496. The number of H-pyrrole nitrogens is 1. The SMILES string of the molecule is [2H]c1c(N)[nH]c(=O)c([2H])c1[2H]. The molecule has 0 aliphatic carbocycles. The van der Waals surface area contributed by atoms with Crippen LogP contribution in [0.4, 0.5) is 5.82 Å². The van der Waals surface area contributed by atoms with Crippen LogP contribution in [0.3, 0.4) is 0 Å². The van der Waals surface area contributed by atoms with Gasteiger partial charge in [-0.25, -0.2) is 0 Å². The fourth-order valence-electron chi connectivity index (χ4n) is 0.340. The largest absolute Gasteiger partial charge is 0.385 e. The molecule has 0 saturated carbocycles. The van der Waals surface area contributed by atoms with Crippen molar-refractivity contribution in [1.29, 1.82) is 0 Å². The van der Waals surface area contributed by atoms with Crippen LogP contribution < -0.4 is 11.3 Å². The molecule has 0 aliphatic rings. The van der Waals surface area contributed by atoms with E-state index >= 15 is 0 Å². The summed E-state index contributed by atoms with van der Waals surface area (Å²) in [5.74, 6) is -0.170. The zero-order chi connectivity index (χ0) is 8.59. The van der Waals surface area contributed by atoms with Gasteiger partial charge in [-0.05, 0) is 6.04 Å². The van der Waals surface area contributed by atoms with E-state index in [1.165, 1.54) is 0 Å². The third-order valence-corrected chi connectivity index (χ3v) is 0.621. The summed E-state index contributed by atoms with van der Waals surface area (Å²) in [6.45, 7) is 0. The van der Waals surface area contributed by atoms with Crippen molar-refractivity contribution in [2.45, 2.75) is 0 Å². The molecule has 1 aromatic rings. The first-order chi connectivity index (χ1) is 5.04. The van der Waals surface area contributed by atoms with Crippen molar-refractivity contribution in [3.63, 3.8) is 0 Å². The highest BCUT2D eigenvalue weighted by Crippen LogP contribution is 1.85. The predicted molar refractivity (Wildman–Crippen MR) is 31.5 cm³/mol. The van der Waals surface area contributed by atoms with Crippen LogP contribution >= 0.6 is 0 Å².